The molecule has 1 heterocycles. The van der Waals surface area contributed by atoms with Gasteiger partial charge in [-0.2, -0.15) is 0 Å². The number of carbonyl (C=O) groups excluding carboxylic acids is 2. The maximum absolute atomic E-state index is 12.7. The molecule has 1 N–H and O–H groups in total. The van der Waals surface area contributed by atoms with Gasteiger partial charge in [-0.05, 0) is 43.2 Å². The highest BCUT2D eigenvalue weighted by molar-refractivity contribution is 5.97. The Morgan fingerprint density at radius 1 is 1.19 bits per heavy atom. The average molecular weight is 352 g/mol. The molecule has 0 bridgehead atoms. The summed E-state index contributed by atoms with van der Waals surface area (Å²) < 4.78 is 5.41. The fraction of sp³-hybridized carbons (Fsp3) is 0.333. The quantitative estimate of drug-likeness (QED) is 0.862. The summed E-state index contributed by atoms with van der Waals surface area (Å²) in [6.45, 7) is 2.77. The van der Waals surface area contributed by atoms with E-state index < -0.39 is 0 Å². The predicted molar refractivity (Wildman–Crippen MR) is 102 cm³/mol. The molecule has 0 spiro atoms. The van der Waals surface area contributed by atoms with Crippen LogP contribution in [-0.2, 0) is 4.79 Å². The molecule has 0 aromatic heterocycles. The third-order valence-corrected chi connectivity index (χ3v) is 4.74. The molecular weight excluding hydrogens is 328 g/mol. The molecule has 3 rings (SSSR count). The number of ether oxygens (including phenoxy) is 1. The number of nitrogens with one attached hydrogen (secondary N) is 1. The van der Waals surface area contributed by atoms with Gasteiger partial charge in [-0.3, -0.25) is 9.59 Å². The smallest absolute Gasteiger partial charge is 0.251 e. The molecule has 1 unspecified atom stereocenters. The number of nitrogens with zero attached hydrogens (tertiary/aromatic N) is 1. The van der Waals surface area contributed by atoms with Crippen molar-refractivity contribution in [1.29, 1.82) is 0 Å². The minimum atomic E-state index is -0.137. The van der Waals surface area contributed by atoms with Crippen molar-refractivity contribution in [1.82, 2.24) is 5.32 Å². The van der Waals surface area contributed by atoms with E-state index in [9.17, 15) is 9.59 Å². The monoisotopic (exact) mass is 352 g/mol. The Balaban J connectivity index is 1.73. The molecule has 1 saturated heterocycles. The van der Waals surface area contributed by atoms with E-state index >= 15 is 0 Å². The molecule has 1 aliphatic rings. The van der Waals surface area contributed by atoms with Crippen molar-refractivity contribution in [3.63, 3.8) is 0 Å². The van der Waals surface area contributed by atoms with Crippen molar-refractivity contribution in [2.24, 2.45) is 0 Å². The highest BCUT2D eigenvalue weighted by Gasteiger charge is 2.22. The zero-order chi connectivity index (χ0) is 18.5. The molecule has 1 aliphatic heterocycles. The van der Waals surface area contributed by atoms with Crippen LogP contribution in [0.5, 0.6) is 5.75 Å². The summed E-state index contributed by atoms with van der Waals surface area (Å²) in [4.78, 5) is 26.3. The van der Waals surface area contributed by atoms with Crippen molar-refractivity contribution in [2.45, 2.75) is 32.2 Å². The van der Waals surface area contributed by atoms with Gasteiger partial charge in [-0.1, -0.05) is 25.1 Å². The second-order valence-corrected chi connectivity index (χ2v) is 6.37. The van der Waals surface area contributed by atoms with Gasteiger partial charge in [0, 0.05) is 29.8 Å². The van der Waals surface area contributed by atoms with E-state index in [4.69, 9.17) is 4.74 Å². The topological polar surface area (TPSA) is 58.6 Å². The first-order chi connectivity index (χ1) is 12.6. The molecule has 0 saturated carbocycles. The molecule has 0 aliphatic carbocycles. The summed E-state index contributed by atoms with van der Waals surface area (Å²) in [6.07, 6.45) is 2.24. The van der Waals surface area contributed by atoms with Crippen LogP contribution < -0.4 is 15.0 Å². The molecule has 1 fully saturated rings. The van der Waals surface area contributed by atoms with E-state index in [1.807, 2.05) is 43.3 Å². The standard InChI is InChI=1S/C21H24N2O3/c1-3-18(17-7-4-5-8-19(17)26-2)22-21(25)15-10-12-16(13-11-15)23-14-6-9-20(23)24/h4-5,7-8,10-13,18H,3,6,9,14H2,1-2H3,(H,22,25). The molecular formula is C21H24N2O3. The van der Waals surface area contributed by atoms with Gasteiger partial charge in [0.05, 0.1) is 13.2 Å². The highest BCUT2D eigenvalue weighted by atomic mass is 16.5. The van der Waals surface area contributed by atoms with Crippen molar-refractivity contribution in [3.8, 4) is 5.75 Å². The van der Waals surface area contributed by atoms with Crippen LogP contribution in [0.1, 0.15) is 48.1 Å². The van der Waals surface area contributed by atoms with Crippen LogP contribution in [-0.4, -0.2) is 25.5 Å². The van der Waals surface area contributed by atoms with E-state index in [1.165, 1.54) is 0 Å². The highest BCUT2D eigenvalue weighted by Crippen LogP contribution is 2.27. The Morgan fingerprint density at radius 2 is 1.92 bits per heavy atom. The molecule has 5 heteroatoms. The van der Waals surface area contributed by atoms with Gasteiger partial charge in [0.15, 0.2) is 0 Å². The van der Waals surface area contributed by atoms with Crippen LogP contribution in [0.4, 0.5) is 5.69 Å². The Labute approximate surface area is 154 Å². The summed E-state index contributed by atoms with van der Waals surface area (Å²) in [6, 6.07) is 14.8. The van der Waals surface area contributed by atoms with Crippen LogP contribution in [0.2, 0.25) is 0 Å². The third-order valence-electron chi connectivity index (χ3n) is 4.74. The van der Waals surface area contributed by atoms with Crippen molar-refractivity contribution in [2.75, 3.05) is 18.6 Å². The number of hydrogen-bond donors (Lipinski definition) is 1. The number of benzene rings is 2. The zero-order valence-electron chi connectivity index (χ0n) is 15.2. The second kappa shape index (κ2) is 8.04. The molecule has 0 radical (unpaired) electrons. The number of anilines is 1. The lowest BCUT2D eigenvalue weighted by Crippen LogP contribution is -2.28. The SMILES string of the molecule is CCC(NC(=O)c1ccc(N2CCCC2=O)cc1)c1ccccc1OC. The average Bonchev–Trinajstić information content (AvgIpc) is 3.12. The maximum atomic E-state index is 12.7. The lowest BCUT2D eigenvalue weighted by Gasteiger charge is -2.20. The molecule has 136 valence electrons. The van der Waals surface area contributed by atoms with E-state index in [0.717, 1.165) is 36.4 Å². The number of methoxy groups -OCH3 is 1. The minimum Gasteiger partial charge on any atom is -0.496 e. The number of hydrogen-bond acceptors (Lipinski definition) is 3. The van der Waals surface area contributed by atoms with Gasteiger partial charge < -0.3 is 15.0 Å². The van der Waals surface area contributed by atoms with Crippen molar-refractivity contribution < 1.29 is 14.3 Å². The van der Waals surface area contributed by atoms with Crippen LogP contribution in [0.3, 0.4) is 0 Å². The number of para-hydroxylation sites is 1. The Kier molecular flexibility index (Phi) is 5.56. The molecule has 2 aromatic rings. The van der Waals surface area contributed by atoms with Crippen LogP contribution >= 0.6 is 0 Å². The van der Waals surface area contributed by atoms with Gasteiger partial charge in [0.25, 0.3) is 5.91 Å². The lowest BCUT2D eigenvalue weighted by atomic mass is 10.0. The number of carbonyl (C=O) groups is 2. The second-order valence-electron chi connectivity index (χ2n) is 6.37. The van der Waals surface area contributed by atoms with Crippen LogP contribution in [0.25, 0.3) is 0 Å². The van der Waals surface area contributed by atoms with Crippen molar-refractivity contribution >= 4 is 17.5 Å². The molecule has 2 aromatic carbocycles. The summed E-state index contributed by atoms with van der Waals surface area (Å²) in [7, 11) is 1.63. The first-order valence-electron chi connectivity index (χ1n) is 8.98. The molecule has 26 heavy (non-hydrogen) atoms. The van der Waals surface area contributed by atoms with Gasteiger partial charge in [-0.15, -0.1) is 0 Å². The van der Waals surface area contributed by atoms with E-state index in [-0.39, 0.29) is 17.9 Å². The summed E-state index contributed by atoms with van der Waals surface area (Å²) in [5.74, 6) is 0.772. The minimum absolute atomic E-state index is 0.126. The normalized spacial score (nSPS) is 15.0. The zero-order valence-corrected chi connectivity index (χ0v) is 15.2. The Morgan fingerprint density at radius 3 is 2.54 bits per heavy atom. The van der Waals surface area contributed by atoms with Gasteiger partial charge in [0.2, 0.25) is 5.91 Å². The predicted octanol–water partition coefficient (Wildman–Crippen LogP) is 3.70. The van der Waals surface area contributed by atoms with E-state index in [0.29, 0.717) is 12.0 Å². The maximum Gasteiger partial charge on any atom is 0.251 e. The first-order valence-corrected chi connectivity index (χ1v) is 8.98. The molecule has 5 nitrogen and oxygen atoms in total. The summed E-state index contributed by atoms with van der Waals surface area (Å²) >= 11 is 0. The van der Waals surface area contributed by atoms with Gasteiger partial charge in [-0.25, -0.2) is 0 Å². The first kappa shape index (κ1) is 18.0. The van der Waals surface area contributed by atoms with Gasteiger partial charge >= 0.3 is 0 Å². The Hall–Kier alpha value is -2.82. The largest absolute Gasteiger partial charge is 0.496 e. The molecule has 2 amide bonds. The Bertz CT molecular complexity index is 786. The summed E-state index contributed by atoms with van der Waals surface area (Å²) in [5.41, 5.74) is 2.39. The fourth-order valence-corrected chi connectivity index (χ4v) is 3.31. The third kappa shape index (κ3) is 3.72. The van der Waals surface area contributed by atoms with Crippen LogP contribution in [0, 0.1) is 0 Å². The fourth-order valence-electron chi connectivity index (χ4n) is 3.31. The molecule has 1 atom stereocenters. The van der Waals surface area contributed by atoms with E-state index in [2.05, 4.69) is 5.32 Å². The summed E-state index contributed by atoms with van der Waals surface area (Å²) in [5, 5.41) is 3.07. The lowest BCUT2D eigenvalue weighted by molar-refractivity contribution is -0.117. The van der Waals surface area contributed by atoms with E-state index in [1.54, 1.807) is 24.1 Å². The number of amides is 2. The number of rotatable bonds is 6. The van der Waals surface area contributed by atoms with Gasteiger partial charge in [0.1, 0.15) is 5.75 Å². The van der Waals surface area contributed by atoms with Crippen molar-refractivity contribution in [3.05, 3.63) is 59.7 Å². The van der Waals surface area contributed by atoms with Crippen LogP contribution in [0.15, 0.2) is 48.5 Å².